The van der Waals surface area contributed by atoms with E-state index in [1.165, 1.54) is 13.0 Å². The molecule has 0 spiro atoms. The first-order chi connectivity index (χ1) is 8.88. The lowest BCUT2D eigenvalue weighted by molar-refractivity contribution is -0.141. The van der Waals surface area contributed by atoms with E-state index in [1.54, 1.807) is 18.2 Å². The molecule has 0 atom stereocenters. The Morgan fingerprint density at radius 1 is 1.21 bits per heavy atom. The number of alkyl halides is 3. The number of benzene rings is 1. The first-order valence-electron chi connectivity index (χ1n) is 5.39. The quantitative estimate of drug-likeness (QED) is 0.783. The minimum Gasteiger partial charge on any atom is -0.295 e. The van der Waals surface area contributed by atoms with Crippen molar-refractivity contribution in [1.82, 2.24) is 9.97 Å². The fourth-order valence-corrected chi connectivity index (χ4v) is 1.53. The molecule has 0 fully saturated rings. The maximum atomic E-state index is 12.5. The molecule has 0 aliphatic rings. The Labute approximate surface area is 107 Å². The van der Waals surface area contributed by atoms with Gasteiger partial charge in [-0.1, -0.05) is 18.2 Å². The average molecular weight is 266 g/mol. The van der Waals surface area contributed by atoms with Gasteiger partial charge in [-0.2, -0.15) is 13.2 Å². The summed E-state index contributed by atoms with van der Waals surface area (Å²) in [4.78, 5) is 18.5. The van der Waals surface area contributed by atoms with Crippen LogP contribution >= 0.6 is 0 Å². The highest BCUT2D eigenvalue weighted by Gasteiger charge is 2.32. The van der Waals surface area contributed by atoms with Crippen LogP contribution in [0, 0.1) is 0 Å². The fourth-order valence-electron chi connectivity index (χ4n) is 1.53. The Kier molecular flexibility index (Phi) is 3.33. The zero-order valence-electron chi connectivity index (χ0n) is 9.90. The van der Waals surface area contributed by atoms with Crippen LogP contribution < -0.4 is 0 Å². The summed E-state index contributed by atoms with van der Waals surface area (Å²) in [7, 11) is 0. The molecule has 98 valence electrons. The summed E-state index contributed by atoms with van der Waals surface area (Å²) in [5.74, 6) is -0.230. The van der Waals surface area contributed by atoms with Crippen molar-refractivity contribution in [1.29, 1.82) is 0 Å². The monoisotopic (exact) mass is 266 g/mol. The highest BCUT2D eigenvalue weighted by molar-refractivity contribution is 5.95. The van der Waals surface area contributed by atoms with Crippen LogP contribution in [0.1, 0.15) is 23.0 Å². The molecule has 2 aromatic rings. The Hall–Kier alpha value is -2.24. The predicted octanol–water partition coefficient (Wildman–Crippen LogP) is 3.37. The van der Waals surface area contributed by atoms with Crippen molar-refractivity contribution in [2.24, 2.45) is 0 Å². The second kappa shape index (κ2) is 4.79. The van der Waals surface area contributed by atoms with Crippen molar-refractivity contribution in [2.75, 3.05) is 0 Å². The van der Waals surface area contributed by atoms with Gasteiger partial charge in [0.25, 0.3) is 0 Å². The van der Waals surface area contributed by atoms with Gasteiger partial charge in [0.1, 0.15) is 5.69 Å². The summed E-state index contributed by atoms with van der Waals surface area (Å²) in [5.41, 5.74) is -0.233. The highest BCUT2D eigenvalue weighted by Crippen LogP contribution is 2.28. The number of Topliss-reactive ketones (excluding diaryl/α,β-unsaturated/α-hetero) is 1. The summed E-state index contributed by atoms with van der Waals surface area (Å²) in [5, 5.41) is 0. The molecule has 0 saturated carbocycles. The number of hydrogen-bond acceptors (Lipinski definition) is 3. The molecule has 0 radical (unpaired) electrons. The van der Waals surface area contributed by atoms with Crippen LogP contribution in [0.3, 0.4) is 0 Å². The van der Waals surface area contributed by atoms with E-state index in [2.05, 4.69) is 9.97 Å². The third-order valence-electron chi connectivity index (χ3n) is 2.47. The van der Waals surface area contributed by atoms with Crippen molar-refractivity contribution < 1.29 is 18.0 Å². The predicted molar refractivity (Wildman–Crippen MR) is 62.5 cm³/mol. The first-order valence-corrected chi connectivity index (χ1v) is 5.39. The molecule has 0 saturated heterocycles. The molecular formula is C13H9F3N2O. The van der Waals surface area contributed by atoms with Gasteiger partial charge in [0.15, 0.2) is 11.6 Å². The highest BCUT2D eigenvalue weighted by atomic mass is 19.4. The minimum absolute atomic E-state index is 0.0575. The van der Waals surface area contributed by atoms with E-state index in [4.69, 9.17) is 0 Å². The molecular weight excluding hydrogens is 257 g/mol. The number of nitrogens with zero attached hydrogens (tertiary/aromatic N) is 2. The van der Waals surface area contributed by atoms with E-state index in [1.807, 2.05) is 0 Å². The van der Waals surface area contributed by atoms with Gasteiger partial charge in [-0.25, -0.2) is 9.97 Å². The van der Waals surface area contributed by atoms with Crippen molar-refractivity contribution in [3.05, 3.63) is 47.8 Å². The molecule has 0 N–H and O–H groups in total. The number of hydrogen-bond donors (Lipinski definition) is 0. The summed E-state index contributed by atoms with van der Waals surface area (Å²) in [6.07, 6.45) is -3.47. The lowest BCUT2D eigenvalue weighted by Gasteiger charge is -2.07. The molecule has 0 bridgehead atoms. The van der Waals surface area contributed by atoms with Crippen LogP contribution in [-0.2, 0) is 6.18 Å². The van der Waals surface area contributed by atoms with Gasteiger partial charge in [0.05, 0.1) is 0 Å². The molecule has 0 aliphatic carbocycles. The maximum absolute atomic E-state index is 12.5. The Morgan fingerprint density at radius 3 is 2.58 bits per heavy atom. The lowest BCUT2D eigenvalue weighted by atomic mass is 10.1. The van der Waals surface area contributed by atoms with Crippen LogP contribution in [0.4, 0.5) is 13.2 Å². The molecule has 0 unspecified atom stereocenters. The van der Waals surface area contributed by atoms with Crippen LogP contribution in [0.5, 0.6) is 0 Å². The normalized spacial score (nSPS) is 11.4. The largest absolute Gasteiger partial charge is 0.433 e. The van der Waals surface area contributed by atoms with Crippen LogP contribution in [0.25, 0.3) is 11.4 Å². The molecule has 1 heterocycles. The second-order valence-electron chi connectivity index (χ2n) is 3.90. The van der Waals surface area contributed by atoms with Gasteiger partial charge in [-0.15, -0.1) is 0 Å². The first kappa shape index (κ1) is 13.2. The SMILES string of the molecule is CC(=O)c1cccc(-c2nccc(C(F)(F)F)n2)c1. The number of aromatic nitrogens is 2. The van der Waals surface area contributed by atoms with Gasteiger partial charge < -0.3 is 0 Å². The summed E-state index contributed by atoms with van der Waals surface area (Å²) in [6, 6.07) is 6.99. The van der Waals surface area contributed by atoms with Crippen molar-refractivity contribution >= 4 is 5.78 Å². The molecule has 3 nitrogen and oxygen atoms in total. The van der Waals surface area contributed by atoms with Crippen molar-refractivity contribution in [3.8, 4) is 11.4 Å². The van der Waals surface area contributed by atoms with Gasteiger partial charge in [-0.3, -0.25) is 4.79 Å². The topological polar surface area (TPSA) is 42.9 Å². The molecule has 0 aliphatic heterocycles. The number of ketones is 1. The zero-order valence-corrected chi connectivity index (χ0v) is 9.90. The van der Waals surface area contributed by atoms with Crippen molar-refractivity contribution in [3.63, 3.8) is 0 Å². The number of carbonyl (C=O) groups excluding carboxylic acids is 1. The Bertz CT molecular complexity index is 623. The third kappa shape index (κ3) is 2.96. The second-order valence-corrected chi connectivity index (χ2v) is 3.90. The van der Waals surface area contributed by atoms with Crippen LogP contribution in [0.2, 0.25) is 0 Å². The van der Waals surface area contributed by atoms with Gasteiger partial charge in [-0.05, 0) is 19.1 Å². The average Bonchev–Trinajstić information content (AvgIpc) is 2.38. The number of halogens is 3. The number of carbonyl (C=O) groups is 1. The van der Waals surface area contributed by atoms with Crippen LogP contribution in [-0.4, -0.2) is 15.8 Å². The summed E-state index contributed by atoms with van der Waals surface area (Å²) in [6.45, 7) is 1.38. The molecule has 6 heteroatoms. The molecule has 0 amide bonds. The summed E-state index contributed by atoms with van der Waals surface area (Å²) >= 11 is 0. The van der Waals surface area contributed by atoms with E-state index in [-0.39, 0.29) is 11.6 Å². The van der Waals surface area contributed by atoms with E-state index in [0.717, 1.165) is 12.3 Å². The van der Waals surface area contributed by atoms with Gasteiger partial charge in [0.2, 0.25) is 0 Å². The molecule has 2 rings (SSSR count). The van der Waals surface area contributed by atoms with E-state index in [0.29, 0.717) is 11.1 Å². The molecule has 1 aromatic carbocycles. The van der Waals surface area contributed by atoms with Crippen LogP contribution in [0.15, 0.2) is 36.5 Å². The van der Waals surface area contributed by atoms with Gasteiger partial charge >= 0.3 is 6.18 Å². The van der Waals surface area contributed by atoms with E-state index in [9.17, 15) is 18.0 Å². The summed E-state index contributed by atoms with van der Waals surface area (Å²) < 4.78 is 37.6. The zero-order chi connectivity index (χ0) is 14.0. The van der Waals surface area contributed by atoms with Crippen molar-refractivity contribution in [2.45, 2.75) is 13.1 Å². The molecule has 19 heavy (non-hydrogen) atoms. The smallest absolute Gasteiger partial charge is 0.295 e. The Morgan fingerprint density at radius 2 is 1.95 bits per heavy atom. The van der Waals surface area contributed by atoms with Gasteiger partial charge in [0, 0.05) is 17.3 Å². The lowest BCUT2D eigenvalue weighted by Crippen LogP contribution is -2.09. The maximum Gasteiger partial charge on any atom is 0.433 e. The fraction of sp³-hybridized carbons (Fsp3) is 0.154. The van der Waals surface area contributed by atoms with E-state index >= 15 is 0 Å². The third-order valence-corrected chi connectivity index (χ3v) is 2.47. The standard InChI is InChI=1S/C13H9F3N2O/c1-8(19)9-3-2-4-10(7-9)12-17-6-5-11(18-12)13(14,15)16/h2-7H,1H3. The number of rotatable bonds is 2. The van der Waals surface area contributed by atoms with E-state index < -0.39 is 11.9 Å². The minimum atomic E-state index is -4.52. The molecule has 1 aromatic heterocycles. The Balaban J connectivity index is 2.48.